The van der Waals surface area contributed by atoms with Crippen LogP contribution in [0.25, 0.3) is 0 Å². The highest BCUT2D eigenvalue weighted by atomic mass is 79.9. The number of hydrogen-bond acceptors (Lipinski definition) is 2. The van der Waals surface area contributed by atoms with Crippen molar-refractivity contribution >= 4 is 15.9 Å². The molecule has 0 amide bonds. The largest absolute Gasteiger partial charge is 0.306 e. The predicted molar refractivity (Wildman–Crippen MR) is 64.7 cm³/mol. The summed E-state index contributed by atoms with van der Waals surface area (Å²) in [7, 11) is 2.01. The van der Waals surface area contributed by atoms with Crippen LogP contribution in [0.2, 0.25) is 0 Å². The minimum atomic E-state index is 0.0700. The average Bonchev–Trinajstić information content (AvgIpc) is 2.40. The van der Waals surface area contributed by atoms with Gasteiger partial charge < -0.3 is 5.32 Å². The molecule has 0 saturated carbocycles. The Morgan fingerprint density at radius 3 is 2.93 bits per heavy atom. The summed E-state index contributed by atoms with van der Waals surface area (Å²) < 4.78 is 3.09. The Hall–Kier alpha value is -0.350. The maximum Gasteiger partial charge on any atom is 0.0720 e. The fourth-order valence-corrected chi connectivity index (χ4v) is 3.25. The third-order valence-corrected chi connectivity index (χ3v) is 3.87. The first kappa shape index (κ1) is 11.1. The summed E-state index contributed by atoms with van der Waals surface area (Å²) in [5, 5.41) is 7.95. The summed E-state index contributed by atoms with van der Waals surface area (Å²) in [6, 6.07) is 0. The monoisotopic (exact) mass is 271 g/mol. The molecule has 1 N–H and O–H groups in total. The lowest BCUT2D eigenvalue weighted by Gasteiger charge is -2.30. The molecule has 1 aliphatic rings. The van der Waals surface area contributed by atoms with Crippen LogP contribution in [0.4, 0.5) is 0 Å². The van der Waals surface area contributed by atoms with Gasteiger partial charge in [-0.05, 0) is 42.2 Å². The van der Waals surface area contributed by atoms with E-state index in [4.69, 9.17) is 0 Å². The van der Waals surface area contributed by atoms with E-state index in [1.807, 2.05) is 17.9 Å². The van der Waals surface area contributed by atoms with E-state index in [1.165, 1.54) is 31.4 Å². The highest BCUT2D eigenvalue weighted by molar-refractivity contribution is 9.10. The Balaban J connectivity index is 2.34. The Kier molecular flexibility index (Phi) is 3.16. The summed E-state index contributed by atoms with van der Waals surface area (Å²) >= 11 is 3.59. The molecule has 0 aliphatic carbocycles. The van der Waals surface area contributed by atoms with Crippen LogP contribution in [-0.2, 0) is 12.6 Å². The number of rotatable bonds is 1. The zero-order chi connectivity index (χ0) is 10.9. The Bertz CT molecular complexity index is 318. The van der Waals surface area contributed by atoms with E-state index in [1.54, 1.807) is 0 Å². The second kappa shape index (κ2) is 4.26. The molecule has 84 valence electrons. The van der Waals surface area contributed by atoms with Gasteiger partial charge in [0.1, 0.15) is 0 Å². The zero-order valence-electron chi connectivity index (χ0n) is 9.39. The summed E-state index contributed by atoms with van der Waals surface area (Å²) in [6.45, 7) is 3.38. The van der Waals surface area contributed by atoms with Gasteiger partial charge in [0.15, 0.2) is 0 Å². The normalized spacial score (nSPS) is 27.7. The van der Waals surface area contributed by atoms with Gasteiger partial charge in [-0.1, -0.05) is 12.8 Å². The predicted octanol–water partition coefficient (Wildman–Crippen LogP) is 2.56. The van der Waals surface area contributed by atoms with Crippen molar-refractivity contribution in [3.63, 3.8) is 0 Å². The van der Waals surface area contributed by atoms with E-state index >= 15 is 0 Å². The molecule has 0 spiro atoms. The molecule has 3 nitrogen and oxygen atoms in total. The third kappa shape index (κ3) is 2.11. The van der Waals surface area contributed by atoms with Crippen LogP contribution in [0.15, 0.2) is 10.7 Å². The number of hydrogen-bond donors (Lipinski definition) is 1. The molecule has 0 radical (unpaired) electrons. The second-order valence-electron chi connectivity index (χ2n) is 4.53. The fourth-order valence-electron chi connectivity index (χ4n) is 2.47. The maximum atomic E-state index is 4.30. The van der Waals surface area contributed by atoms with Crippen molar-refractivity contribution in [3.05, 3.63) is 16.4 Å². The molecule has 1 aromatic heterocycles. The van der Waals surface area contributed by atoms with Crippen LogP contribution in [0, 0.1) is 0 Å². The number of nitrogens with zero attached hydrogens (tertiary/aromatic N) is 2. The first-order valence-electron chi connectivity index (χ1n) is 5.56. The van der Waals surface area contributed by atoms with Gasteiger partial charge in [0, 0.05) is 7.05 Å². The van der Waals surface area contributed by atoms with Crippen LogP contribution in [0.3, 0.4) is 0 Å². The molecule has 0 aromatic carbocycles. The van der Waals surface area contributed by atoms with Gasteiger partial charge in [-0.3, -0.25) is 4.68 Å². The van der Waals surface area contributed by atoms with Gasteiger partial charge in [0.25, 0.3) is 0 Å². The first-order valence-corrected chi connectivity index (χ1v) is 6.36. The molecule has 1 fully saturated rings. The van der Waals surface area contributed by atoms with Crippen LogP contribution >= 0.6 is 15.9 Å². The van der Waals surface area contributed by atoms with Gasteiger partial charge >= 0.3 is 0 Å². The van der Waals surface area contributed by atoms with Crippen molar-refractivity contribution in [3.8, 4) is 0 Å². The molecular formula is C11H18BrN3. The molecule has 4 heteroatoms. The highest BCUT2D eigenvalue weighted by Gasteiger charge is 2.31. The Morgan fingerprint density at radius 1 is 1.47 bits per heavy atom. The lowest BCUT2D eigenvalue weighted by molar-refractivity contribution is 0.334. The molecule has 15 heavy (non-hydrogen) atoms. The minimum absolute atomic E-state index is 0.0700. The van der Waals surface area contributed by atoms with E-state index in [2.05, 4.69) is 33.3 Å². The molecular weight excluding hydrogens is 254 g/mol. The van der Waals surface area contributed by atoms with Crippen LogP contribution in [0.1, 0.15) is 38.3 Å². The lowest BCUT2D eigenvalue weighted by Crippen LogP contribution is -2.40. The Morgan fingerprint density at radius 2 is 2.27 bits per heavy atom. The summed E-state index contributed by atoms with van der Waals surface area (Å²) in [6.07, 6.45) is 6.97. The van der Waals surface area contributed by atoms with Crippen molar-refractivity contribution in [1.29, 1.82) is 0 Å². The zero-order valence-corrected chi connectivity index (χ0v) is 11.0. The van der Waals surface area contributed by atoms with Crippen molar-refractivity contribution in [2.45, 2.75) is 38.1 Å². The standard InChI is InChI=1S/C11H18BrN3/c1-11(6-4-3-5-7-13-11)10-9(12)8-14-15(10)2/h8,13H,3-7H2,1-2H3. The SMILES string of the molecule is Cn1ncc(Br)c1C1(C)CCCCCN1. The maximum absolute atomic E-state index is 4.30. The van der Waals surface area contributed by atoms with E-state index in [0.717, 1.165) is 11.0 Å². The van der Waals surface area contributed by atoms with Gasteiger partial charge in [0.05, 0.1) is 21.9 Å². The van der Waals surface area contributed by atoms with E-state index in [9.17, 15) is 0 Å². The van der Waals surface area contributed by atoms with Gasteiger partial charge in [-0.25, -0.2) is 0 Å². The molecule has 1 aromatic rings. The van der Waals surface area contributed by atoms with Gasteiger partial charge in [-0.2, -0.15) is 5.10 Å². The topological polar surface area (TPSA) is 29.9 Å². The van der Waals surface area contributed by atoms with Crippen LogP contribution < -0.4 is 5.32 Å². The van der Waals surface area contributed by atoms with E-state index in [0.29, 0.717) is 0 Å². The molecule has 1 unspecified atom stereocenters. The summed E-state index contributed by atoms with van der Waals surface area (Å²) in [5.74, 6) is 0. The van der Waals surface area contributed by atoms with E-state index < -0.39 is 0 Å². The van der Waals surface area contributed by atoms with Crippen LogP contribution in [0.5, 0.6) is 0 Å². The molecule has 1 atom stereocenters. The number of nitrogens with one attached hydrogen (secondary N) is 1. The molecule has 2 heterocycles. The van der Waals surface area contributed by atoms with Gasteiger partial charge in [0.2, 0.25) is 0 Å². The number of aromatic nitrogens is 2. The third-order valence-electron chi connectivity index (χ3n) is 3.29. The smallest absolute Gasteiger partial charge is 0.0720 e. The first-order chi connectivity index (χ1) is 7.13. The van der Waals surface area contributed by atoms with Gasteiger partial charge in [-0.15, -0.1) is 0 Å². The molecule has 1 saturated heterocycles. The average molecular weight is 272 g/mol. The fraction of sp³-hybridized carbons (Fsp3) is 0.727. The van der Waals surface area contributed by atoms with Crippen molar-refractivity contribution in [2.24, 2.45) is 7.05 Å². The molecule has 0 bridgehead atoms. The number of halogens is 1. The molecule has 1 aliphatic heterocycles. The summed E-state index contributed by atoms with van der Waals surface area (Å²) in [5.41, 5.74) is 1.34. The number of aryl methyl sites for hydroxylation is 1. The second-order valence-corrected chi connectivity index (χ2v) is 5.39. The minimum Gasteiger partial charge on any atom is -0.306 e. The van der Waals surface area contributed by atoms with Crippen molar-refractivity contribution in [2.75, 3.05) is 6.54 Å². The highest BCUT2D eigenvalue weighted by Crippen LogP contribution is 2.33. The van der Waals surface area contributed by atoms with Crippen LogP contribution in [-0.4, -0.2) is 16.3 Å². The molecule has 2 rings (SSSR count). The quantitative estimate of drug-likeness (QED) is 0.851. The summed E-state index contributed by atoms with van der Waals surface area (Å²) in [4.78, 5) is 0. The Labute approximate surface area is 99.4 Å². The van der Waals surface area contributed by atoms with E-state index in [-0.39, 0.29) is 5.54 Å². The van der Waals surface area contributed by atoms with Crippen molar-refractivity contribution < 1.29 is 0 Å². The lowest BCUT2D eigenvalue weighted by atomic mass is 9.92. The van der Waals surface area contributed by atoms with Crippen molar-refractivity contribution in [1.82, 2.24) is 15.1 Å².